The van der Waals surface area contributed by atoms with Crippen molar-refractivity contribution in [1.29, 1.82) is 0 Å². The third kappa shape index (κ3) is 3.94. The van der Waals surface area contributed by atoms with Crippen LogP contribution in [0.4, 0.5) is 11.4 Å². The van der Waals surface area contributed by atoms with E-state index < -0.39 is 0 Å². The standard InChI is InChI=1S/C25H25N/c1-4-9-20(3)21-12-16-24(17-13-21)26(5-2)25-18-14-23(15-19-25)22-10-7-6-8-11-22/h4,6-19H,3,5H2,1-2H3. The van der Waals surface area contributed by atoms with Gasteiger partial charge in [0.15, 0.2) is 0 Å². The van der Waals surface area contributed by atoms with E-state index in [1.54, 1.807) is 0 Å². The summed E-state index contributed by atoms with van der Waals surface area (Å²) in [4.78, 5) is 2.32. The fourth-order valence-electron chi connectivity index (χ4n) is 3.13. The first kappa shape index (κ1) is 17.8. The minimum Gasteiger partial charge on any atom is -0.342 e. The second kappa shape index (κ2) is 8.35. The van der Waals surface area contributed by atoms with Gasteiger partial charge in [-0.05, 0) is 60.4 Å². The SMILES string of the molecule is C=C(C=CC)c1ccc(N(CC)c2ccc(-c3ccccc3)cc2)cc1. The first-order valence-electron chi connectivity index (χ1n) is 9.08. The van der Waals surface area contributed by atoms with Gasteiger partial charge in [-0.2, -0.15) is 0 Å². The number of rotatable bonds is 6. The Kier molecular flexibility index (Phi) is 5.70. The van der Waals surface area contributed by atoms with E-state index in [0.29, 0.717) is 0 Å². The maximum atomic E-state index is 4.11. The molecule has 26 heavy (non-hydrogen) atoms. The average Bonchev–Trinajstić information content (AvgIpc) is 2.70. The average molecular weight is 339 g/mol. The van der Waals surface area contributed by atoms with Crippen molar-refractivity contribution < 1.29 is 0 Å². The summed E-state index contributed by atoms with van der Waals surface area (Å²) in [5.74, 6) is 0. The van der Waals surface area contributed by atoms with Gasteiger partial charge >= 0.3 is 0 Å². The molecule has 3 rings (SSSR count). The monoisotopic (exact) mass is 339 g/mol. The number of allylic oxidation sites excluding steroid dienone is 3. The van der Waals surface area contributed by atoms with Gasteiger partial charge in [-0.1, -0.05) is 73.3 Å². The summed E-state index contributed by atoms with van der Waals surface area (Å²) in [5.41, 5.74) is 7.07. The first-order valence-corrected chi connectivity index (χ1v) is 9.08. The van der Waals surface area contributed by atoms with Gasteiger partial charge in [0.1, 0.15) is 0 Å². The molecule has 1 nitrogen and oxygen atoms in total. The lowest BCUT2D eigenvalue weighted by atomic mass is 10.0. The molecule has 0 N–H and O–H groups in total. The van der Waals surface area contributed by atoms with Gasteiger partial charge in [0.05, 0.1) is 0 Å². The molecular weight excluding hydrogens is 314 g/mol. The highest BCUT2D eigenvalue weighted by molar-refractivity contribution is 5.75. The lowest BCUT2D eigenvalue weighted by Crippen LogP contribution is -2.15. The van der Waals surface area contributed by atoms with Gasteiger partial charge < -0.3 is 4.90 Å². The van der Waals surface area contributed by atoms with Crippen molar-refractivity contribution in [2.75, 3.05) is 11.4 Å². The van der Waals surface area contributed by atoms with Crippen molar-refractivity contribution in [3.8, 4) is 11.1 Å². The summed E-state index contributed by atoms with van der Waals surface area (Å²) in [6.07, 6.45) is 4.05. The van der Waals surface area contributed by atoms with Crippen LogP contribution in [0.15, 0.2) is 97.6 Å². The predicted octanol–water partition coefficient (Wildman–Crippen LogP) is 7.10. The molecule has 0 aliphatic heterocycles. The van der Waals surface area contributed by atoms with E-state index in [-0.39, 0.29) is 0 Å². The van der Waals surface area contributed by atoms with E-state index in [1.807, 2.05) is 25.1 Å². The Morgan fingerprint density at radius 2 is 1.35 bits per heavy atom. The van der Waals surface area contributed by atoms with Gasteiger partial charge in [-0.15, -0.1) is 0 Å². The predicted molar refractivity (Wildman–Crippen MR) is 115 cm³/mol. The van der Waals surface area contributed by atoms with Crippen LogP contribution in [0.5, 0.6) is 0 Å². The quantitative estimate of drug-likeness (QED) is 0.433. The zero-order valence-electron chi connectivity index (χ0n) is 15.5. The van der Waals surface area contributed by atoms with Gasteiger partial charge in [0.25, 0.3) is 0 Å². The molecule has 0 saturated heterocycles. The van der Waals surface area contributed by atoms with Crippen molar-refractivity contribution in [1.82, 2.24) is 0 Å². The van der Waals surface area contributed by atoms with E-state index in [2.05, 4.69) is 91.2 Å². The number of anilines is 2. The van der Waals surface area contributed by atoms with Gasteiger partial charge in [0, 0.05) is 17.9 Å². The van der Waals surface area contributed by atoms with Crippen molar-refractivity contribution in [3.05, 3.63) is 103 Å². The summed E-state index contributed by atoms with van der Waals surface area (Å²) in [5, 5.41) is 0. The largest absolute Gasteiger partial charge is 0.342 e. The molecule has 3 aromatic rings. The van der Waals surface area contributed by atoms with Crippen molar-refractivity contribution in [2.24, 2.45) is 0 Å². The number of hydrogen-bond acceptors (Lipinski definition) is 1. The highest BCUT2D eigenvalue weighted by Crippen LogP contribution is 2.29. The minimum absolute atomic E-state index is 0.917. The van der Waals surface area contributed by atoms with E-state index in [4.69, 9.17) is 0 Å². The van der Waals surface area contributed by atoms with Crippen LogP contribution >= 0.6 is 0 Å². The molecule has 1 heteroatoms. The zero-order chi connectivity index (χ0) is 18.4. The van der Waals surface area contributed by atoms with Crippen molar-refractivity contribution >= 4 is 16.9 Å². The molecule has 0 unspecified atom stereocenters. The fraction of sp³-hybridized carbons (Fsp3) is 0.120. The molecule has 0 atom stereocenters. The number of benzene rings is 3. The second-order valence-electron chi connectivity index (χ2n) is 6.23. The molecule has 0 spiro atoms. The molecule has 0 bridgehead atoms. The Hall–Kier alpha value is -3.06. The van der Waals surface area contributed by atoms with Crippen LogP contribution in [0.25, 0.3) is 16.7 Å². The molecule has 0 amide bonds. The lowest BCUT2D eigenvalue weighted by Gasteiger charge is -2.24. The molecule has 0 saturated carbocycles. The van der Waals surface area contributed by atoms with Crippen molar-refractivity contribution in [3.63, 3.8) is 0 Å². The maximum Gasteiger partial charge on any atom is 0.0411 e. The number of hydrogen-bond donors (Lipinski definition) is 0. The lowest BCUT2D eigenvalue weighted by molar-refractivity contribution is 1.02. The van der Waals surface area contributed by atoms with E-state index in [0.717, 1.165) is 17.7 Å². The Labute approximate surface area is 156 Å². The summed E-state index contributed by atoms with van der Waals surface area (Å²) < 4.78 is 0. The van der Waals surface area contributed by atoms with E-state index in [1.165, 1.54) is 22.5 Å². The third-order valence-electron chi connectivity index (χ3n) is 4.52. The Morgan fingerprint density at radius 1 is 0.808 bits per heavy atom. The Bertz CT molecular complexity index is 872. The third-order valence-corrected chi connectivity index (χ3v) is 4.52. The topological polar surface area (TPSA) is 3.24 Å². The van der Waals surface area contributed by atoms with Crippen molar-refractivity contribution in [2.45, 2.75) is 13.8 Å². The molecule has 0 aliphatic rings. The molecule has 0 aliphatic carbocycles. The molecule has 0 fully saturated rings. The summed E-state index contributed by atoms with van der Waals surface area (Å²) in [7, 11) is 0. The Balaban J connectivity index is 1.83. The summed E-state index contributed by atoms with van der Waals surface area (Å²) in [6, 6.07) is 27.9. The van der Waals surface area contributed by atoms with Gasteiger partial charge in [-0.3, -0.25) is 0 Å². The van der Waals surface area contributed by atoms with Crippen LogP contribution < -0.4 is 4.90 Å². The molecule has 0 heterocycles. The molecule has 130 valence electrons. The van der Waals surface area contributed by atoms with E-state index in [9.17, 15) is 0 Å². The first-order chi connectivity index (χ1) is 12.7. The van der Waals surface area contributed by atoms with Crippen LogP contribution in [0, 0.1) is 0 Å². The van der Waals surface area contributed by atoms with Gasteiger partial charge in [-0.25, -0.2) is 0 Å². The molecule has 0 aromatic heterocycles. The van der Waals surface area contributed by atoms with E-state index >= 15 is 0 Å². The summed E-state index contributed by atoms with van der Waals surface area (Å²) in [6.45, 7) is 9.21. The molecule has 0 radical (unpaired) electrons. The van der Waals surface area contributed by atoms with Crippen LogP contribution in [0.1, 0.15) is 19.4 Å². The zero-order valence-corrected chi connectivity index (χ0v) is 15.5. The molecule has 3 aromatic carbocycles. The minimum atomic E-state index is 0.917. The maximum absolute atomic E-state index is 4.11. The second-order valence-corrected chi connectivity index (χ2v) is 6.23. The smallest absolute Gasteiger partial charge is 0.0411 e. The van der Waals surface area contributed by atoms with Crippen LogP contribution in [-0.4, -0.2) is 6.54 Å². The highest BCUT2D eigenvalue weighted by Gasteiger charge is 2.08. The molecular formula is C25H25N. The summed E-state index contributed by atoms with van der Waals surface area (Å²) >= 11 is 0. The normalized spacial score (nSPS) is 10.8. The van der Waals surface area contributed by atoms with Gasteiger partial charge in [0.2, 0.25) is 0 Å². The fourth-order valence-corrected chi connectivity index (χ4v) is 3.13. The van der Waals surface area contributed by atoms with Crippen LogP contribution in [0.2, 0.25) is 0 Å². The van der Waals surface area contributed by atoms with Crippen LogP contribution in [-0.2, 0) is 0 Å². The highest BCUT2D eigenvalue weighted by atomic mass is 15.1. The van der Waals surface area contributed by atoms with Crippen LogP contribution in [0.3, 0.4) is 0 Å². The number of nitrogens with zero attached hydrogens (tertiary/aromatic N) is 1. The Morgan fingerprint density at radius 3 is 1.88 bits per heavy atom.